The molecule has 0 unspecified atom stereocenters. The number of carbonyl (C=O) groups excluding carboxylic acids is 1. The quantitative estimate of drug-likeness (QED) is 0.496. The molecule has 0 aromatic rings. The topological polar surface area (TPSA) is 90.7 Å². The van der Waals surface area contributed by atoms with Crippen LogP contribution in [-0.4, -0.2) is 24.3 Å². The van der Waals surface area contributed by atoms with Gasteiger partial charge in [-0.15, -0.1) is 0 Å². The summed E-state index contributed by atoms with van der Waals surface area (Å²) in [5.41, 5.74) is 10.4. The molecule has 4 N–H and O–H groups in total. The van der Waals surface area contributed by atoms with E-state index in [1.54, 1.807) is 0 Å². The van der Waals surface area contributed by atoms with Gasteiger partial charge < -0.3 is 16.3 Å². The van der Waals surface area contributed by atoms with Crippen molar-refractivity contribution in [2.75, 3.05) is 6.54 Å². The number of hydrogen-bond donors (Lipinski definition) is 2. The van der Waals surface area contributed by atoms with Gasteiger partial charge in [-0.25, -0.2) is 0 Å². The maximum atomic E-state index is 10.4. The zero-order valence-electron chi connectivity index (χ0n) is 5.41. The van der Waals surface area contributed by atoms with Crippen molar-refractivity contribution in [1.82, 2.24) is 0 Å². The first-order chi connectivity index (χ1) is 4.74. The zero-order valence-corrected chi connectivity index (χ0v) is 5.41. The molecule has 1 heterocycles. The second kappa shape index (κ2) is 2.66. The van der Waals surface area contributed by atoms with Crippen LogP contribution in [0.15, 0.2) is 5.16 Å². The van der Waals surface area contributed by atoms with Crippen molar-refractivity contribution < 1.29 is 9.63 Å². The summed E-state index contributed by atoms with van der Waals surface area (Å²) >= 11 is 0. The first-order valence-electron chi connectivity index (χ1n) is 2.96. The number of nitrogens with two attached hydrogens (primary N) is 2. The van der Waals surface area contributed by atoms with Crippen LogP contribution in [0.4, 0.5) is 0 Å². The summed E-state index contributed by atoms with van der Waals surface area (Å²) in [6.45, 7) is 0.361. The predicted molar refractivity (Wildman–Crippen MR) is 35.2 cm³/mol. The summed E-state index contributed by atoms with van der Waals surface area (Å²) in [5.74, 6) is -0.532. The number of primary amides is 1. The maximum absolute atomic E-state index is 10.4. The highest BCUT2D eigenvalue weighted by Gasteiger charge is 2.22. The van der Waals surface area contributed by atoms with Crippen LogP contribution in [0.3, 0.4) is 0 Å². The minimum Gasteiger partial charge on any atom is -0.390 e. The van der Waals surface area contributed by atoms with E-state index in [1.165, 1.54) is 0 Å². The molecule has 0 saturated carbocycles. The summed E-state index contributed by atoms with van der Waals surface area (Å²) in [6, 6.07) is 0. The molecule has 0 saturated heterocycles. The molecule has 5 heteroatoms. The van der Waals surface area contributed by atoms with E-state index in [9.17, 15) is 4.79 Å². The van der Waals surface area contributed by atoms with Crippen LogP contribution in [0.1, 0.15) is 6.42 Å². The van der Waals surface area contributed by atoms with E-state index in [1.807, 2.05) is 0 Å². The van der Waals surface area contributed by atoms with Crippen LogP contribution < -0.4 is 11.5 Å². The van der Waals surface area contributed by atoms with Crippen molar-refractivity contribution in [3.63, 3.8) is 0 Å². The molecule has 0 bridgehead atoms. The Hall–Kier alpha value is -1.10. The van der Waals surface area contributed by atoms with Crippen molar-refractivity contribution in [2.24, 2.45) is 16.6 Å². The van der Waals surface area contributed by atoms with Crippen molar-refractivity contribution in [3.05, 3.63) is 0 Å². The molecule has 1 amide bonds. The fourth-order valence-corrected chi connectivity index (χ4v) is 0.700. The second-order valence-corrected chi connectivity index (χ2v) is 2.07. The minimum atomic E-state index is -0.532. The number of hydrogen-bond acceptors (Lipinski definition) is 4. The average molecular weight is 143 g/mol. The summed E-state index contributed by atoms with van der Waals surface area (Å²) in [7, 11) is 0. The summed E-state index contributed by atoms with van der Waals surface area (Å²) in [5, 5.41) is 3.45. The molecule has 5 nitrogen and oxygen atoms in total. The molecule has 0 aromatic carbocycles. The van der Waals surface area contributed by atoms with Crippen LogP contribution >= 0.6 is 0 Å². The molecule has 10 heavy (non-hydrogen) atoms. The lowest BCUT2D eigenvalue weighted by molar-refractivity contribution is -0.112. The largest absolute Gasteiger partial charge is 0.390 e. The van der Waals surface area contributed by atoms with Gasteiger partial charge in [-0.3, -0.25) is 4.79 Å². The van der Waals surface area contributed by atoms with E-state index in [-0.39, 0.29) is 11.8 Å². The van der Waals surface area contributed by atoms with Crippen molar-refractivity contribution in [1.29, 1.82) is 0 Å². The first-order valence-corrected chi connectivity index (χ1v) is 2.96. The Kier molecular flexibility index (Phi) is 1.86. The SMILES string of the molecule is NC[C@@H]1CC(C(N)=O)=NO1. The van der Waals surface area contributed by atoms with Gasteiger partial charge in [0.2, 0.25) is 0 Å². The second-order valence-electron chi connectivity index (χ2n) is 2.07. The van der Waals surface area contributed by atoms with Gasteiger partial charge in [0.15, 0.2) is 0 Å². The first kappa shape index (κ1) is 7.01. The van der Waals surface area contributed by atoms with Crippen molar-refractivity contribution in [3.8, 4) is 0 Å². The Morgan fingerprint density at radius 3 is 2.90 bits per heavy atom. The van der Waals surface area contributed by atoms with Gasteiger partial charge in [0, 0.05) is 13.0 Å². The molecule has 0 radical (unpaired) electrons. The Bertz CT molecular complexity index is 178. The van der Waals surface area contributed by atoms with Gasteiger partial charge in [-0.2, -0.15) is 0 Å². The third kappa shape index (κ3) is 1.24. The summed E-state index contributed by atoms with van der Waals surface area (Å²) in [4.78, 5) is 15.2. The normalized spacial score (nSPS) is 23.7. The number of amides is 1. The third-order valence-electron chi connectivity index (χ3n) is 1.28. The number of carbonyl (C=O) groups is 1. The van der Waals surface area contributed by atoms with E-state index < -0.39 is 5.91 Å². The van der Waals surface area contributed by atoms with Crippen LogP contribution in [0.5, 0.6) is 0 Å². The number of rotatable bonds is 2. The molecule has 1 aliphatic rings. The standard InChI is InChI=1S/C5H9N3O2/c6-2-3-1-4(5(7)9)8-10-3/h3H,1-2,6H2,(H2,7,9)/t3-/m0/s1. The van der Waals surface area contributed by atoms with E-state index >= 15 is 0 Å². The lowest BCUT2D eigenvalue weighted by Crippen LogP contribution is -2.26. The zero-order chi connectivity index (χ0) is 7.56. The molecular formula is C5H9N3O2. The Labute approximate surface area is 58.0 Å². The molecule has 0 aromatic heterocycles. The van der Waals surface area contributed by atoms with Gasteiger partial charge >= 0.3 is 0 Å². The maximum Gasteiger partial charge on any atom is 0.266 e. The molecule has 1 rings (SSSR count). The highest BCUT2D eigenvalue weighted by Crippen LogP contribution is 2.07. The number of oxime groups is 1. The molecular weight excluding hydrogens is 134 g/mol. The van der Waals surface area contributed by atoms with E-state index in [0.717, 1.165) is 0 Å². The van der Waals surface area contributed by atoms with Crippen molar-refractivity contribution in [2.45, 2.75) is 12.5 Å². The monoisotopic (exact) mass is 143 g/mol. The number of nitrogens with zero attached hydrogens (tertiary/aromatic N) is 1. The molecule has 0 spiro atoms. The van der Waals surface area contributed by atoms with Crippen LogP contribution in [0.25, 0.3) is 0 Å². The molecule has 0 aliphatic carbocycles. The Morgan fingerprint density at radius 1 is 1.90 bits per heavy atom. The predicted octanol–water partition coefficient (Wildman–Crippen LogP) is -1.42. The van der Waals surface area contributed by atoms with Gasteiger partial charge in [0.1, 0.15) is 11.8 Å². The van der Waals surface area contributed by atoms with E-state index in [2.05, 4.69) is 5.16 Å². The lowest BCUT2D eigenvalue weighted by atomic mass is 10.2. The molecule has 0 fully saturated rings. The van der Waals surface area contributed by atoms with Gasteiger partial charge in [0.25, 0.3) is 5.91 Å². The van der Waals surface area contributed by atoms with Gasteiger partial charge in [-0.05, 0) is 0 Å². The fraction of sp³-hybridized carbons (Fsp3) is 0.600. The van der Waals surface area contributed by atoms with Crippen LogP contribution in [0.2, 0.25) is 0 Å². The molecule has 1 atom stereocenters. The van der Waals surface area contributed by atoms with Crippen molar-refractivity contribution >= 4 is 11.6 Å². The summed E-state index contributed by atoms with van der Waals surface area (Å²) in [6.07, 6.45) is 0.272. The van der Waals surface area contributed by atoms with Gasteiger partial charge in [0.05, 0.1) is 0 Å². The van der Waals surface area contributed by atoms with Crippen LogP contribution in [-0.2, 0) is 9.63 Å². The Balaban J connectivity index is 2.47. The minimum absolute atomic E-state index is 0.164. The smallest absolute Gasteiger partial charge is 0.266 e. The fourth-order valence-electron chi connectivity index (χ4n) is 0.700. The Morgan fingerprint density at radius 2 is 2.60 bits per heavy atom. The molecule has 56 valence electrons. The van der Waals surface area contributed by atoms with Crippen LogP contribution in [0, 0.1) is 0 Å². The van der Waals surface area contributed by atoms with E-state index in [0.29, 0.717) is 13.0 Å². The third-order valence-corrected chi connectivity index (χ3v) is 1.28. The lowest BCUT2D eigenvalue weighted by Gasteiger charge is -2.00. The van der Waals surface area contributed by atoms with Gasteiger partial charge in [-0.1, -0.05) is 5.16 Å². The average Bonchev–Trinajstić information content (AvgIpc) is 2.34. The summed E-state index contributed by atoms with van der Waals surface area (Å²) < 4.78 is 0. The van der Waals surface area contributed by atoms with E-state index in [4.69, 9.17) is 16.3 Å². The molecule has 1 aliphatic heterocycles. The highest BCUT2D eigenvalue weighted by molar-refractivity contribution is 6.38. The highest BCUT2D eigenvalue weighted by atomic mass is 16.6.